The van der Waals surface area contributed by atoms with Gasteiger partial charge in [-0.3, -0.25) is 0 Å². The van der Waals surface area contributed by atoms with Crippen LogP contribution >= 0.6 is 0 Å². The second kappa shape index (κ2) is 6.51. The van der Waals surface area contributed by atoms with Crippen LogP contribution in [0.1, 0.15) is 19.7 Å². The number of anilines is 2. The Morgan fingerprint density at radius 2 is 1.89 bits per heavy atom. The third kappa shape index (κ3) is 4.46. The van der Waals surface area contributed by atoms with E-state index in [1.807, 2.05) is 27.0 Å². The first-order valence-electron chi connectivity index (χ1n) is 5.84. The molecule has 1 heterocycles. The molecule has 0 bridgehead atoms. The molecule has 1 aromatic rings. The van der Waals surface area contributed by atoms with Gasteiger partial charge >= 0.3 is 0 Å². The third-order valence-corrected chi connectivity index (χ3v) is 2.55. The molecule has 18 heavy (non-hydrogen) atoms. The molecule has 0 saturated heterocycles. The van der Waals surface area contributed by atoms with Gasteiger partial charge in [0.2, 0.25) is 0 Å². The summed E-state index contributed by atoms with van der Waals surface area (Å²) in [5.74, 6) is 2.16. The topological polar surface area (TPSA) is 68.3 Å². The van der Waals surface area contributed by atoms with Crippen LogP contribution in [-0.4, -0.2) is 43.4 Å². The van der Waals surface area contributed by atoms with Gasteiger partial charge in [0.15, 0.2) is 5.82 Å². The Morgan fingerprint density at radius 3 is 2.44 bits per heavy atom. The minimum atomic E-state index is -0.244. The summed E-state index contributed by atoms with van der Waals surface area (Å²) in [6.45, 7) is 5.07. The van der Waals surface area contributed by atoms with E-state index in [1.165, 1.54) is 0 Å². The Labute approximate surface area is 108 Å². The normalized spacial score (nSPS) is 11.4. The summed E-state index contributed by atoms with van der Waals surface area (Å²) in [7, 11) is 5.13. The van der Waals surface area contributed by atoms with Gasteiger partial charge in [-0.05, 0) is 13.8 Å². The summed E-state index contributed by atoms with van der Waals surface area (Å²) >= 11 is 0. The Kier molecular flexibility index (Phi) is 5.30. The average molecular weight is 254 g/mol. The monoisotopic (exact) mass is 254 g/mol. The van der Waals surface area contributed by atoms with Crippen LogP contribution < -0.4 is 10.6 Å². The molecule has 2 N–H and O–H groups in total. The van der Waals surface area contributed by atoms with Crippen molar-refractivity contribution < 1.29 is 9.47 Å². The summed E-state index contributed by atoms with van der Waals surface area (Å²) in [6, 6.07) is 1.85. The molecular formula is C12H22N4O2. The van der Waals surface area contributed by atoms with Crippen LogP contribution in [0.4, 0.5) is 11.6 Å². The maximum Gasteiger partial charge on any atom is 0.158 e. The van der Waals surface area contributed by atoms with Crippen LogP contribution in [0.3, 0.4) is 0 Å². The average Bonchev–Trinajstić information content (AvgIpc) is 2.37. The molecule has 0 atom stereocenters. The van der Waals surface area contributed by atoms with Crippen molar-refractivity contribution >= 4 is 11.6 Å². The standard InChI is InChI=1S/C12H22N4O2/c1-12(2,18-5)8-14-10-6-9(13-3)15-11(16-10)7-17-4/h6H,7-8H2,1-5H3,(H2,13,14,15,16). The van der Waals surface area contributed by atoms with Crippen molar-refractivity contribution in [1.82, 2.24) is 9.97 Å². The largest absolute Gasteiger partial charge is 0.377 e. The highest BCUT2D eigenvalue weighted by atomic mass is 16.5. The fourth-order valence-electron chi connectivity index (χ4n) is 1.28. The smallest absolute Gasteiger partial charge is 0.158 e. The van der Waals surface area contributed by atoms with Crippen molar-refractivity contribution in [3.8, 4) is 0 Å². The number of hydrogen-bond acceptors (Lipinski definition) is 6. The van der Waals surface area contributed by atoms with Gasteiger partial charge in [-0.15, -0.1) is 0 Å². The van der Waals surface area contributed by atoms with Crippen molar-refractivity contribution in [2.24, 2.45) is 0 Å². The first-order chi connectivity index (χ1) is 8.50. The molecule has 0 amide bonds. The molecule has 0 spiro atoms. The highest BCUT2D eigenvalue weighted by Crippen LogP contribution is 2.14. The molecule has 0 aliphatic rings. The van der Waals surface area contributed by atoms with Crippen LogP contribution in [0.5, 0.6) is 0 Å². The van der Waals surface area contributed by atoms with Crippen LogP contribution in [0.2, 0.25) is 0 Å². The molecule has 102 valence electrons. The fourth-order valence-corrected chi connectivity index (χ4v) is 1.28. The molecule has 0 fully saturated rings. The molecule has 0 aliphatic heterocycles. The van der Waals surface area contributed by atoms with Gasteiger partial charge in [0.25, 0.3) is 0 Å². The lowest BCUT2D eigenvalue weighted by atomic mass is 10.1. The van der Waals surface area contributed by atoms with Crippen LogP contribution in [0, 0.1) is 0 Å². The van der Waals surface area contributed by atoms with Crippen molar-refractivity contribution in [2.45, 2.75) is 26.1 Å². The van der Waals surface area contributed by atoms with Gasteiger partial charge in [0, 0.05) is 33.9 Å². The van der Waals surface area contributed by atoms with E-state index in [0.29, 0.717) is 19.0 Å². The van der Waals surface area contributed by atoms with Crippen molar-refractivity contribution in [3.05, 3.63) is 11.9 Å². The first-order valence-corrected chi connectivity index (χ1v) is 5.84. The molecule has 6 nitrogen and oxygen atoms in total. The van der Waals surface area contributed by atoms with E-state index in [-0.39, 0.29) is 5.60 Å². The SMILES string of the molecule is CNc1cc(NCC(C)(C)OC)nc(COC)n1. The molecule has 0 aromatic carbocycles. The van der Waals surface area contributed by atoms with E-state index in [2.05, 4.69) is 20.6 Å². The van der Waals surface area contributed by atoms with E-state index in [4.69, 9.17) is 9.47 Å². The number of hydrogen-bond donors (Lipinski definition) is 2. The maximum absolute atomic E-state index is 5.35. The van der Waals surface area contributed by atoms with E-state index >= 15 is 0 Å². The molecule has 0 radical (unpaired) electrons. The van der Waals surface area contributed by atoms with Gasteiger partial charge in [0.1, 0.15) is 18.2 Å². The summed E-state index contributed by atoms with van der Waals surface area (Å²) < 4.78 is 10.4. The number of rotatable bonds is 7. The summed E-state index contributed by atoms with van der Waals surface area (Å²) in [5.41, 5.74) is -0.244. The van der Waals surface area contributed by atoms with Gasteiger partial charge in [-0.2, -0.15) is 0 Å². The van der Waals surface area contributed by atoms with Gasteiger partial charge in [-0.1, -0.05) is 0 Å². The molecule has 0 unspecified atom stereocenters. The molecular weight excluding hydrogens is 232 g/mol. The summed E-state index contributed by atoms with van der Waals surface area (Å²) in [6.07, 6.45) is 0. The molecule has 0 aliphatic carbocycles. The second-order valence-corrected chi connectivity index (χ2v) is 4.56. The molecule has 0 saturated carbocycles. The maximum atomic E-state index is 5.35. The minimum absolute atomic E-state index is 0.244. The number of nitrogens with zero attached hydrogens (tertiary/aromatic N) is 2. The second-order valence-electron chi connectivity index (χ2n) is 4.56. The number of ether oxygens (including phenoxy) is 2. The first kappa shape index (κ1) is 14.7. The lowest BCUT2D eigenvalue weighted by Crippen LogP contribution is -2.32. The van der Waals surface area contributed by atoms with Crippen molar-refractivity contribution in [1.29, 1.82) is 0 Å². The van der Waals surface area contributed by atoms with Crippen LogP contribution in [0.25, 0.3) is 0 Å². The number of methoxy groups -OCH3 is 2. The van der Waals surface area contributed by atoms with Crippen LogP contribution in [0.15, 0.2) is 6.07 Å². The van der Waals surface area contributed by atoms with Crippen molar-refractivity contribution in [3.63, 3.8) is 0 Å². The Bertz CT molecular complexity index is 382. The Hall–Kier alpha value is -1.40. The van der Waals surface area contributed by atoms with Crippen molar-refractivity contribution in [2.75, 3.05) is 38.4 Å². The number of nitrogens with one attached hydrogen (secondary N) is 2. The summed E-state index contributed by atoms with van der Waals surface area (Å²) in [4.78, 5) is 8.65. The van der Waals surface area contributed by atoms with E-state index in [0.717, 1.165) is 11.6 Å². The fraction of sp³-hybridized carbons (Fsp3) is 0.667. The highest BCUT2D eigenvalue weighted by Gasteiger charge is 2.16. The molecule has 1 rings (SSSR count). The van der Waals surface area contributed by atoms with Gasteiger partial charge in [0.05, 0.1) is 5.60 Å². The predicted octanol–water partition coefficient (Wildman–Crippen LogP) is 1.50. The van der Waals surface area contributed by atoms with Gasteiger partial charge < -0.3 is 20.1 Å². The molecule has 1 aromatic heterocycles. The van der Waals surface area contributed by atoms with E-state index < -0.39 is 0 Å². The Balaban J connectivity index is 2.78. The quantitative estimate of drug-likeness (QED) is 0.768. The zero-order chi connectivity index (χ0) is 13.6. The lowest BCUT2D eigenvalue weighted by Gasteiger charge is -2.23. The minimum Gasteiger partial charge on any atom is -0.377 e. The van der Waals surface area contributed by atoms with E-state index in [9.17, 15) is 0 Å². The Morgan fingerprint density at radius 1 is 1.22 bits per heavy atom. The zero-order valence-corrected chi connectivity index (χ0v) is 11.7. The van der Waals surface area contributed by atoms with Gasteiger partial charge in [-0.25, -0.2) is 9.97 Å². The summed E-state index contributed by atoms with van der Waals surface area (Å²) in [5, 5.41) is 6.24. The third-order valence-electron chi connectivity index (χ3n) is 2.55. The van der Waals surface area contributed by atoms with Crippen LogP contribution in [-0.2, 0) is 16.1 Å². The zero-order valence-electron chi connectivity index (χ0n) is 11.7. The number of aromatic nitrogens is 2. The lowest BCUT2D eigenvalue weighted by molar-refractivity contribution is 0.0343. The predicted molar refractivity (Wildman–Crippen MR) is 71.9 cm³/mol. The highest BCUT2D eigenvalue weighted by molar-refractivity contribution is 5.47. The molecule has 6 heteroatoms. The van der Waals surface area contributed by atoms with E-state index in [1.54, 1.807) is 14.2 Å².